The van der Waals surface area contributed by atoms with E-state index in [-0.39, 0.29) is 0 Å². The van der Waals surface area contributed by atoms with Crippen LogP contribution in [0.5, 0.6) is 5.75 Å². The Morgan fingerprint density at radius 3 is 2.94 bits per heavy atom. The Bertz CT molecular complexity index is 426. The lowest BCUT2D eigenvalue weighted by molar-refractivity contribution is 0.414. The highest BCUT2D eigenvalue weighted by molar-refractivity contribution is 5.28. The van der Waals surface area contributed by atoms with Crippen LogP contribution in [0.1, 0.15) is 11.1 Å². The number of H-pyrrole nitrogens is 1. The standard InChI is InChI=1S/C12H15N3O/c1-16-12-4-2-3-10(5-12)6-13-7-11-8-14-15-9-11/h2-5,8-9,13H,6-7H2,1H3,(H,14,15). The molecule has 0 bridgehead atoms. The van der Waals surface area contributed by atoms with Crippen molar-refractivity contribution < 1.29 is 4.74 Å². The Morgan fingerprint density at radius 2 is 2.19 bits per heavy atom. The molecular formula is C12H15N3O. The molecule has 84 valence electrons. The maximum absolute atomic E-state index is 5.16. The highest BCUT2D eigenvalue weighted by Crippen LogP contribution is 2.12. The summed E-state index contributed by atoms with van der Waals surface area (Å²) in [6.07, 6.45) is 3.71. The van der Waals surface area contributed by atoms with Crippen molar-refractivity contribution >= 4 is 0 Å². The van der Waals surface area contributed by atoms with Crippen LogP contribution >= 0.6 is 0 Å². The summed E-state index contributed by atoms with van der Waals surface area (Å²) in [4.78, 5) is 0. The Labute approximate surface area is 94.6 Å². The lowest BCUT2D eigenvalue weighted by Crippen LogP contribution is -2.12. The Kier molecular flexibility index (Phi) is 3.56. The Balaban J connectivity index is 1.85. The molecule has 2 rings (SSSR count). The third kappa shape index (κ3) is 2.84. The van der Waals surface area contributed by atoms with Gasteiger partial charge in [-0.1, -0.05) is 12.1 Å². The fraction of sp³-hybridized carbons (Fsp3) is 0.250. The monoisotopic (exact) mass is 217 g/mol. The van der Waals surface area contributed by atoms with Gasteiger partial charge >= 0.3 is 0 Å². The minimum atomic E-state index is 0.813. The predicted molar refractivity (Wildman–Crippen MR) is 62.1 cm³/mol. The SMILES string of the molecule is COc1cccc(CNCc2cn[nH]c2)c1. The summed E-state index contributed by atoms with van der Waals surface area (Å²) in [5.41, 5.74) is 2.37. The minimum Gasteiger partial charge on any atom is -0.497 e. The van der Waals surface area contributed by atoms with Gasteiger partial charge < -0.3 is 10.1 Å². The normalized spacial score (nSPS) is 10.3. The first-order chi connectivity index (χ1) is 7.88. The quantitative estimate of drug-likeness (QED) is 0.801. The van der Waals surface area contributed by atoms with Gasteiger partial charge in [-0.25, -0.2) is 0 Å². The second kappa shape index (κ2) is 5.32. The smallest absolute Gasteiger partial charge is 0.119 e. The van der Waals surface area contributed by atoms with Crippen molar-refractivity contribution in [2.24, 2.45) is 0 Å². The van der Waals surface area contributed by atoms with E-state index in [9.17, 15) is 0 Å². The van der Waals surface area contributed by atoms with Crippen LogP contribution in [0.2, 0.25) is 0 Å². The van der Waals surface area contributed by atoms with Crippen LogP contribution in [0.25, 0.3) is 0 Å². The first-order valence-corrected chi connectivity index (χ1v) is 5.20. The molecule has 0 spiro atoms. The van der Waals surface area contributed by atoms with Crippen LogP contribution in [0.3, 0.4) is 0 Å². The molecule has 0 aliphatic carbocycles. The van der Waals surface area contributed by atoms with Crippen molar-refractivity contribution in [1.29, 1.82) is 0 Å². The predicted octanol–water partition coefficient (Wildman–Crippen LogP) is 1.71. The van der Waals surface area contributed by atoms with Gasteiger partial charge in [0.25, 0.3) is 0 Å². The fourth-order valence-electron chi connectivity index (χ4n) is 1.51. The maximum Gasteiger partial charge on any atom is 0.119 e. The topological polar surface area (TPSA) is 49.9 Å². The van der Waals surface area contributed by atoms with Crippen molar-refractivity contribution in [3.63, 3.8) is 0 Å². The van der Waals surface area contributed by atoms with E-state index < -0.39 is 0 Å². The van der Waals surface area contributed by atoms with Gasteiger partial charge in [0.1, 0.15) is 5.75 Å². The van der Waals surface area contributed by atoms with Crippen LogP contribution in [-0.4, -0.2) is 17.3 Å². The van der Waals surface area contributed by atoms with Gasteiger partial charge in [-0.05, 0) is 17.7 Å². The molecule has 4 nitrogen and oxygen atoms in total. The third-order valence-corrected chi connectivity index (χ3v) is 2.35. The largest absolute Gasteiger partial charge is 0.497 e. The van der Waals surface area contributed by atoms with E-state index in [0.717, 1.165) is 24.4 Å². The van der Waals surface area contributed by atoms with Gasteiger partial charge in [-0.2, -0.15) is 5.10 Å². The minimum absolute atomic E-state index is 0.813. The highest BCUT2D eigenvalue weighted by atomic mass is 16.5. The molecular weight excluding hydrogens is 202 g/mol. The molecule has 0 saturated heterocycles. The summed E-state index contributed by atoms with van der Waals surface area (Å²) < 4.78 is 5.16. The number of benzene rings is 1. The molecule has 0 fully saturated rings. The van der Waals surface area contributed by atoms with E-state index >= 15 is 0 Å². The Morgan fingerprint density at radius 1 is 1.31 bits per heavy atom. The van der Waals surface area contributed by atoms with Gasteiger partial charge in [0.05, 0.1) is 13.3 Å². The molecule has 0 saturated carbocycles. The summed E-state index contributed by atoms with van der Waals surface area (Å²) in [6, 6.07) is 8.04. The Hall–Kier alpha value is -1.81. The molecule has 2 N–H and O–H groups in total. The van der Waals surface area contributed by atoms with Crippen LogP contribution < -0.4 is 10.1 Å². The maximum atomic E-state index is 5.16. The number of methoxy groups -OCH3 is 1. The van der Waals surface area contributed by atoms with Crippen LogP contribution in [0.15, 0.2) is 36.7 Å². The van der Waals surface area contributed by atoms with Crippen molar-refractivity contribution in [3.05, 3.63) is 47.8 Å². The molecule has 1 heterocycles. The van der Waals surface area contributed by atoms with Gasteiger partial charge in [-0.15, -0.1) is 0 Å². The zero-order valence-electron chi connectivity index (χ0n) is 9.23. The summed E-state index contributed by atoms with van der Waals surface area (Å²) in [5, 5.41) is 10.0. The highest BCUT2D eigenvalue weighted by Gasteiger charge is 1.96. The number of rotatable bonds is 5. The van der Waals surface area contributed by atoms with E-state index in [1.165, 1.54) is 5.56 Å². The van der Waals surface area contributed by atoms with E-state index in [2.05, 4.69) is 21.6 Å². The third-order valence-electron chi connectivity index (χ3n) is 2.35. The average molecular weight is 217 g/mol. The number of nitrogens with one attached hydrogen (secondary N) is 2. The molecule has 0 amide bonds. The number of nitrogens with zero attached hydrogens (tertiary/aromatic N) is 1. The van der Waals surface area contributed by atoms with Crippen molar-refractivity contribution in [2.45, 2.75) is 13.1 Å². The molecule has 2 aromatic rings. The summed E-state index contributed by atoms with van der Waals surface area (Å²) in [6.45, 7) is 1.64. The molecule has 1 aromatic carbocycles. The van der Waals surface area contributed by atoms with E-state index in [0.29, 0.717) is 0 Å². The van der Waals surface area contributed by atoms with Gasteiger partial charge in [0, 0.05) is 24.8 Å². The lowest BCUT2D eigenvalue weighted by Gasteiger charge is -2.05. The van der Waals surface area contributed by atoms with Gasteiger partial charge in [0.15, 0.2) is 0 Å². The van der Waals surface area contributed by atoms with Gasteiger partial charge in [0.2, 0.25) is 0 Å². The van der Waals surface area contributed by atoms with Crippen molar-refractivity contribution in [2.75, 3.05) is 7.11 Å². The second-order valence-corrected chi connectivity index (χ2v) is 3.56. The van der Waals surface area contributed by atoms with Crippen LogP contribution in [0.4, 0.5) is 0 Å². The fourth-order valence-corrected chi connectivity index (χ4v) is 1.51. The van der Waals surface area contributed by atoms with Crippen LogP contribution in [-0.2, 0) is 13.1 Å². The van der Waals surface area contributed by atoms with E-state index in [1.807, 2.05) is 30.6 Å². The van der Waals surface area contributed by atoms with Crippen molar-refractivity contribution in [3.8, 4) is 5.75 Å². The molecule has 16 heavy (non-hydrogen) atoms. The molecule has 0 atom stereocenters. The summed E-state index contributed by atoms with van der Waals surface area (Å²) >= 11 is 0. The average Bonchev–Trinajstić information content (AvgIpc) is 2.82. The molecule has 0 unspecified atom stereocenters. The van der Waals surface area contributed by atoms with Crippen molar-refractivity contribution in [1.82, 2.24) is 15.5 Å². The molecule has 0 radical (unpaired) electrons. The number of aromatic amines is 1. The van der Waals surface area contributed by atoms with E-state index in [1.54, 1.807) is 7.11 Å². The molecule has 4 heteroatoms. The first-order valence-electron chi connectivity index (χ1n) is 5.20. The number of hydrogen-bond donors (Lipinski definition) is 2. The zero-order valence-corrected chi connectivity index (χ0v) is 9.23. The molecule has 0 aliphatic rings. The number of ether oxygens (including phenoxy) is 1. The zero-order chi connectivity index (χ0) is 11.2. The molecule has 0 aliphatic heterocycles. The lowest BCUT2D eigenvalue weighted by atomic mass is 10.2. The second-order valence-electron chi connectivity index (χ2n) is 3.56. The number of hydrogen-bond acceptors (Lipinski definition) is 3. The number of aromatic nitrogens is 2. The summed E-state index contributed by atoms with van der Waals surface area (Å²) in [5.74, 6) is 0.891. The van der Waals surface area contributed by atoms with Crippen LogP contribution in [0, 0.1) is 0 Å². The van der Waals surface area contributed by atoms with Gasteiger partial charge in [-0.3, -0.25) is 5.10 Å². The first kappa shape index (κ1) is 10.7. The molecule has 1 aromatic heterocycles. The summed E-state index contributed by atoms with van der Waals surface area (Å²) in [7, 11) is 1.68. The van der Waals surface area contributed by atoms with E-state index in [4.69, 9.17) is 4.74 Å².